The molecule has 1 N–H and O–H groups in total. The van der Waals surface area contributed by atoms with Crippen LogP contribution in [0.4, 0.5) is 0 Å². The van der Waals surface area contributed by atoms with E-state index in [0.717, 1.165) is 59.4 Å². The third kappa shape index (κ3) is 2.49. The first-order valence-electron chi connectivity index (χ1n) is 7.50. The van der Waals surface area contributed by atoms with Gasteiger partial charge in [-0.15, -0.1) is 0 Å². The molecule has 0 saturated carbocycles. The number of H-pyrrole nitrogens is 1. The van der Waals surface area contributed by atoms with Crippen LogP contribution in [-0.2, 0) is 13.1 Å². The summed E-state index contributed by atoms with van der Waals surface area (Å²) in [6.07, 6.45) is 1.10. The van der Waals surface area contributed by atoms with E-state index in [0.29, 0.717) is 6.04 Å². The Bertz CT molecular complexity index is 655. The third-order valence-corrected chi connectivity index (χ3v) is 4.77. The molecule has 0 atom stereocenters. The van der Waals surface area contributed by atoms with Gasteiger partial charge in [0.05, 0.1) is 10.7 Å². The summed E-state index contributed by atoms with van der Waals surface area (Å²) < 4.78 is 2.06. The molecule has 0 spiro atoms. The molecule has 6 heteroatoms. The number of aromatic nitrogens is 4. The van der Waals surface area contributed by atoms with Crippen molar-refractivity contribution in [1.29, 1.82) is 0 Å². The summed E-state index contributed by atoms with van der Waals surface area (Å²) in [5, 5.41) is 12.9. The first-order valence-corrected chi connectivity index (χ1v) is 7.88. The summed E-state index contributed by atoms with van der Waals surface area (Å²) in [5.41, 5.74) is 4.96. The molecule has 3 rings (SSSR count). The molecular weight excluding hydrogens is 286 g/mol. The second-order valence-electron chi connectivity index (χ2n) is 6.07. The summed E-state index contributed by atoms with van der Waals surface area (Å²) in [6.45, 7) is 11.4. The number of halogens is 1. The predicted octanol–water partition coefficient (Wildman–Crippen LogP) is 3.16. The number of nitrogens with zero attached hydrogens (tertiary/aromatic N) is 4. The van der Waals surface area contributed by atoms with Crippen LogP contribution in [0.25, 0.3) is 11.4 Å². The molecule has 0 amide bonds. The maximum absolute atomic E-state index is 6.64. The van der Waals surface area contributed by atoms with Gasteiger partial charge in [-0.05, 0) is 39.7 Å². The van der Waals surface area contributed by atoms with Gasteiger partial charge in [0.25, 0.3) is 0 Å². The molecule has 1 aliphatic heterocycles. The minimum atomic E-state index is 0.514. The van der Waals surface area contributed by atoms with Crippen molar-refractivity contribution in [2.45, 2.75) is 53.2 Å². The van der Waals surface area contributed by atoms with Gasteiger partial charge in [0.2, 0.25) is 0 Å². The third-order valence-electron chi connectivity index (χ3n) is 4.37. The Morgan fingerprint density at radius 1 is 1.19 bits per heavy atom. The van der Waals surface area contributed by atoms with Crippen LogP contribution in [0.2, 0.25) is 5.02 Å². The van der Waals surface area contributed by atoms with Crippen molar-refractivity contribution in [3.05, 3.63) is 22.0 Å². The van der Waals surface area contributed by atoms with Crippen LogP contribution in [0.15, 0.2) is 0 Å². The van der Waals surface area contributed by atoms with E-state index >= 15 is 0 Å². The van der Waals surface area contributed by atoms with Crippen LogP contribution in [0, 0.1) is 13.8 Å². The smallest absolute Gasteiger partial charge is 0.132 e. The van der Waals surface area contributed by atoms with E-state index in [2.05, 4.69) is 40.6 Å². The molecule has 3 heterocycles. The Morgan fingerprint density at radius 2 is 1.95 bits per heavy atom. The zero-order chi connectivity index (χ0) is 15.1. The standard InChI is InChI=1S/C15H22ClN5/c1-9(2)20-6-5-7-21-12(8-20)13(16)15(19-21)14-10(3)11(4)17-18-14/h9H,5-8H2,1-4H3,(H,17,18). The molecule has 0 bridgehead atoms. The summed E-state index contributed by atoms with van der Waals surface area (Å²) >= 11 is 6.64. The van der Waals surface area contributed by atoms with E-state index < -0.39 is 0 Å². The van der Waals surface area contributed by atoms with Gasteiger partial charge in [0.1, 0.15) is 11.4 Å². The van der Waals surface area contributed by atoms with Crippen molar-refractivity contribution in [2.75, 3.05) is 6.54 Å². The number of aryl methyl sites for hydroxylation is 2. The number of fused-ring (bicyclic) bond motifs is 1. The highest BCUT2D eigenvalue weighted by Crippen LogP contribution is 2.33. The summed E-state index contributed by atoms with van der Waals surface area (Å²) in [5.74, 6) is 0. The van der Waals surface area contributed by atoms with Gasteiger partial charge in [0, 0.05) is 31.4 Å². The first kappa shape index (κ1) is 14.6. The van der Waals surface area contributed by atoms with Gasteiger partial charge in [-0.25, -0.2) is 0 Å². The largest absolute Gasteiger partial charge is 0.295 e. The monoisotopic (exact) mass is 307 g/mol. The van der Waals surface area contributed by atoms with Crippen molar-refractivity contribution in [2.24, 2.45) is 0 Å². The average molecular weight is 308 g/mol. The maximum Gasteiger partial charge on any atom is 0.132 e. The highest BCUT2D eigenvalue weighted by Gasteiger charge is 2.25. The molecule has 0 unspecified atom stereocenters. The molecule has 0 aliphatic carbocycles. The molecule has 5 nitrogen and oxygen atoms in total. The predicted molar refractivity (Wildman–Crippen MR) is 84.5 cm³/mol. The van der Waals surface area contributed by atoms with Crippen molar-refractivity contribution >= 4 is 11.6 Å². The molecule has 2 aromatic heterocycles. The Labute approximate surface area is 130 Å². The number of rotatable bonds is 2. The number of hydrogen-bond acceptors (Lipinski definition) is 3. The fraction of sp³-hybridized carbons (Fsp3) is 0.600. The van der Waals surface area contributed by atoms with E-state index in [1.807, 2.05) is 6.92 Å². The van der Waals surface area contributed by atoms with Crippen LogP contribution in [0.3, 0.4) is 0 Å². The molecule has 2 aromatic rings. The highest BCUT2D eigenvalue weighted by atomic mass is 35.5. The topological polar surface area (TPSA) is 49.7 Å². The molecule has 0 saturated heterocycles. The molecule has 1 aliphatic rings. The van der Waals surface area contributed by atoms with Crippen molar-refractivity contribution in [3.8, 4) is 11.4 Å². The van der Waals surface area contributed by atoms with Crippen molar-refractivity contribution in [3.63, 3.8) is 0 Å². The van der Waals surface area contributed by atoms with Crippen molar-refractivity contribution in [1.82, 2.24) is 24.9 Å². The SMILES string of the molecule is Cc1[nH]nc(-c2nn3c(c2Cl)CN(C(C)C)CCC3)c1C. The second-order valence-corrected chi connectivity index (χ2v) is 6.45. The molecular formula is C15H22ClN5. The number of hydrogen-bond donors (Lipinski definition) is 1. The fourth-order valence-corrected chi connectivity index (χ4v) is 3.10. The van der Waals surface area contributed by atoms with E-state index in [9.17, 15) is 0 Å². The lowest BCUT2D eigenvalue weighted by molar-refractivity contribution is 0.216. The Kier molecular flexibility index (Phi) is 3.80. The molecule has 21 heavy (non-hydrogen) atoms. The number of nitrogens with one attached hydrogen (secondary N) is 1. The van der Waals surface area contributed by atoms with Gasteiger partial charge >= 0.3 is 0 Å². The van der Waals surface area contributed by atoms with Crippen LogP contribution in [0.5, 0.6) is 0 Å². The highest BCUT2D eigenvalue weighted by molar-refractivity contribution is 6.33. The summed E-state index contributed by atoms with van der Waals surface area (Å²) in [7, 11) is 0. The Balaban J connectivity index is 2.04. The minimum Gasteiger partial charge on any atom is -0.295 e. The average Bonchev–Trinajstić information content (AvgIpc) is 2.83. The molecule has 0 radical (unpaired) electrons. The Hall–Kier alpha value is -1.33. The van der Waals surface area contributed by atoms with Gasteiger partial charge in [-0.2, -0.15) is 10.2 Å². The zero-order valence-corrected chi connectivity index (χ0v) is 13.8. The zero-order valence-electron chi connectivity index (χ0n) is 13.1. The lowest BCUT2D eigenvalue weighted by atomic mass is 10.1. The number of aromatic amines is 1. The van der Waals surface area contributed by atoms with Crippen LogP contribution in [0.1, 0.15) is 37.2 Å². The van der Waals surface area contributed by atoms with Crippen molar-refractivity contribution < 1.29 is 0 Å². The Morgan fingerprint density at radius 3 is 2.57 bits per heavy atom. The van der Waals surface area contributed by atoms with Crippen LogP contribution in [-0.4, -0.2) is 37.5 Å². The van der Waals surface area contributed by atoms with Gasteiger partial charge in [-0.1, -0.05) is 11.6 Å². The molecule has 0 aromatic carbocycles. The first-order chi connectivity index (χ1) is 9.99. The van der Waals surface area contributed by atoms with E-state index in [1.54, 1.807) is 0 Å². The second kappa shape index (κ2) is 5.46. The lowest BCUT2D eigenvalue weighted by Gasteiger charge is -2.23. The minimum absolute atomic E-state index is 0.514. The van der Waals surface area contributed by atoms with E-state index in [1.165, 1.54) is 0 Å². The van der Waals surface area contributed by atoms with Gasteiger partial charge in [-0.3, -0.25) is 14.7 Å². The molecule has 0 fully saturated rings. The summed E-state index contributed by atoms with van der Waals surface area (Å²) in [4.78, 5) is 2.44. The van der Waals surface area contributed by atoms with Crippen LogP contribution >= 0.6 is 11.6 Å². The van der Waals surface area contributed by atoms with E-state index in [4.69, 9.17) is 16.7 Å². The fourth-order valence-electron chi connectivity index (χ4n) is 2.81. The maximum atomic E-state index is 6.64. The van der Waals surface area contributed by atoms with Gasteiger partial charge < -0.3 is 0 Å². The van der Waals surface area contributed by atoms with E-state index in [-0.39, 0.29) is 0 Å². The molecule has 114 valence electrons. The quantitative estimate of drug-likeness (QED) is 0.927. The van der Waals surface area contributed by atoms with Crippen LogP contribution < -0.4 is 0 Å². The van der Waals surface area contributed by atoms with Gasteiger partial charge in [0.15, 0.2) is 0 Å². The normalized spacial score (nSPS) is 16.3. The lowest BCUT2D eigenvalue weighted by Crippen LogP contribution is -2.30. The summed E-state index contributed by atoms with van der Waals surface area (Å²) in [6, 6.07) is 0.514.